The summed E-state index contributed by atoms with van der Waals surface area (Å²) in [6.07, 6.45) is 0. The van der Waals surface area contributed by atoms with Crippen molar-refractivity contribution < 1.29 is 0 Å². The Balaban J connectivity index is 2.50. The molecule has 0 spiro atoms. The summed E-state index contributed by atoms with van der Waals surface area (Å²) >= 11 is 3.30. The highest BCUT2D eigenvalue weighted by molar-refractivity contribution is 8.01. The van der Waals surface area contributed by atoms with Gasteiger partial charge in [0, 0.05) is 11.8 Å². The highest BCUT2D eigenvalue weighted by atomic mass is 32.2. The fourth-order valence-corrected chi connectivity index (χ4v) is 2.54. The summed E-state index contributed by atoms with van der Waals surface area (Å²) in [5, 5.41) is 9.33. The Kier molecular flexibility index (Phi) is 3.29. The van der Waals surface area contributed by atoms with Crippen LogP contribution in [0.1, 0.15) is 11.9 Å². The number of aromatic nitrogens is 2. The van der Waals surface area contributed by atoms with Gasteiger partial charge in [-0.25, -0.2) is 0 Å². The van der Waals surface area contributed by atoms with Crippen LogP contribution in [0.2, 0.25) is 0 Å². The Bertz CT molecular complexity index is 223. The summed E-state index contributed by atoms with van der Waals surface area (Å²) in [5.41, 5.74) is 5.46. The van der Waals surface area contributed by atoms with Crippen LogP contribution in [0.4, 0.5) is 0 Å². The van der Waals surface area contributed by atoms with E-state index in [-0.39, 0.29) is 0 Å². The van der Waals surface area contributed by atoms with Gasteiger partial charge in [-0.3, -0.25) is 0 Å². The van der Waals surface area contributed by atoms with Crippen molar-refractivity contribution in [2.75, 3.05) is 6.54 Å². The van der Waals surface area contributed by atoms with E-state index in [0.29, 0.717) is 11.8 Å². The molecule has 0 saturated carbocycles. The standard InChI is InChI=1S/C6H11N3S2/c1-4(3-7)10-6-9-8-5(2)11-6/h4H,3,7H2,1-2H3/t4-/m1/s1. The van der Waals surface area contributed by atoms with E-state index in [2.05, 4.69) is 17.1 Å². The predicted molar refractivity (Wildman–Crippen MR) is 49.0 cm³/mol. The fraction of sp³-hybridized carbons (Fsp3) is 0.667. The van der Waals surface area contributed by atoms with Crippen LogP contribution in [-0.4, -0.2) is 22.0 Å². The number of rotatable bonds is 3. The second-order valence-electron chi connectivity index (χ2n) is 2.25. The summed E-state index contributed by atoms with van der Waals surface area (Å²) in [5.74, 6) is 0. The van der Waals surface area contributed by atoms with E-state index in [1.807, 2.05) is 6.92 Å². The number of aryl methyl sites for hydroxylation is 1. The van der Waals surface area contributed by atoms with E-state index in [4.69, 9.17) is 5.73 Å². The van der Waals surface area contributed by atoms with Crippen LogP contribution in [0.15, 0.2) is 4.34 Å². The van der Waals surface area contributed by atoms with Crippen molar-refractivity contribution in [1.29, 1.82) is 0 Å². The maximum absolute atomic E-state index is 5.46. The van der Waals surface area contributed by atoms with Crippen LogP contribution in [0.5, 0.6) is 0 Å². The molecule has 1 atom stereocenters. The lowest BCUT2D eigenvalue weighted by Crippen LogP contribution is -2.11. The van der Waals surface area contributed by atoms with Crippen molar-refractivity contribution in [2.45, 2.75) is 23.4 Å². The molecule has 5 heteroatoms. The maximum atomic E-state index is 5.46. The van der Waals surface area contributed by atoms with E-state index >= 15 is 0 Å². The molecule has 0 aliphatic rings. The first-order valence-electron chi connectivity index (χ1n) is 3.39. The SMILES string of the molecule is Cc1nnc(S[C@H](C)CN)s1. The van der Waals surface area contributed by atoms with Crippen molar-refractivity contribution in [2.24, 2.45) is 5.73 Å². The predicted octanol–water partition coefficient (Wildman–Crippen LogP) is 1.29. The molecule has 0 saturated heterocycles. The molecular formula is C6H11N3S2. The lowest BCUT2D eigenvalue weighted by molar-refractivity contribution is 0.936. The zero-order valence-corrected chi connectivity index (χ0v) is 8.21. The van der Waals surface area contributed by atoms with Crippen molar-refractivity contribution in [3.63, 3.8) is 0 Å². The zero-order valence-electron chi connectivity index (χ0n) is 6.57. The summed E-state index contributed by atoms with van der Waals surface area (Å²) < 4.78 is 1.01. The molecule has 1 heterocycles. The van der Waals surface area contributed by atoms with Crippen molar-refractivity contribution in [3.05, 3.63) is 5.01 Å². The minimum absolute atomic E-state index is 0.433. The van der Waals surface area contributed by atoms with E-state index in [1.165, 1.54) is 0 Å². The van der Waals surface area contributed by atoms with E-state index in [1.54, 1.807) is 23.1 Å². The van der Waals surface area contributed by atoms with Gasteiger partial charge in [-0.2, -0.15) is 0 Å². The van der Waals surface area contributed by atoms with Crippen molar-refractivity contribution in [1.82, 2.24) is 10.2 Å². The van der Waals surface area contributed by atoms with Crippen molar-refractivity contribution in [3.8, 4) is 0 Å². The Labute approximate surface area is 74.4 Å². The molecular weight excluding hydrogens is 178 g/mol. The van der Waals surface area contributed by atoms with E-state index in [9.17, 15) is 0 Å². The van der Waals surface area contributed by atoms with Gasteiger partial charge in [0.2, 0.25) is 0 Å². The van der Waals surface area contributed by atoms with Gasteiger partial charge in [0.25, 0.3) is 0 Å². The molecule has 62 valence electrons. The largest absolute Gasteiger partial charge is 0.329 e. The molecule has 2 N–H and O–H groups in total. The van der Waals surface area contributed by atoms with Gasteiger partial charge >= 0.3 is 0 Å². The summed E-state index contributed by atoms with van der Waals surface area (Å²) in [4.78, 5) is 0. The second-order valence-corrected chi connectivity index (χ2v) is 5.12. The molecule has 0 aliphatic carbocycles. The number of hydrogen-bond donors (Lipinski definition) is 1. The quantitative estimate of drug-likeness (QED) is 0.728. The fourth-order valence-electron chi connectivity index (χ4n) is 0.546. The molecule has 0 aliphatic heterocycles. The molecule has 3 nitrogen and oxygen atoms in total. The first-order valence-corrected chi connectivity index (χ1v) is 5.09. The van der Waals surface area contributed by atoms with Crippen LogP contribution in [0.25, 0.3) is 0 Å². The molecule has 0 amide bonds. The monoisotopic (exact) mass is 189 g/mol. The number of thioether (sulfide) groups is 1. The smallest absolute Gasteiger partial charge is 0.174 e. The van der Waals surface area contributed by atoms with Gasteiger partial charge in [-0.1, -0.05) is 30.0 Å². The summed E-state index contributed by atoms with van der Waals surface area (Å²) in [6.45, 7) is 4.72. The molecule has 11 heavy (non-hydrogen) atoms. The molecule has 1 rings (SSSR count). The Morgan fingerprint density at radius 1 is 1.64 bits per heavy atom. The minimum Gasteiger partial charge on any atom is -0.329 e. The molecule has 1 aromatic rings. The third-order valence-electron chi connectivity index (χ3n) is 1.14. The topological polar surface area (TPSA) is 51.8 Å². The van der Waals surface area contributed by atoms with Gasteiger partial charge in [0.15, 0.2) is 4.34 Å². The molecule has 0 unspecified atom stereocenters. The van der Waals surface area contributed by atoms with Gasteiger partial charge in [0.05, 0.1) is 0 Å². The van der Waals surface area contributed by atoms with Crippen LogP contribution in [0.3, 0.4) is 0 Å². The molecule has 0 aromatic carbocycles. The summed E-state index contributed by atoms with van der Waals surface area (Å²) in [6, 6.07) is 0. The molecule has 0 radical (unpaired) electrons. The minimum atomic E-state index is 0.433. The van der Waals surface area contributed by atoms with Gasteiger partial charge < -0.3 is 5.73 Å². The highest BCUT2D eigenvalue weighted by Crippen LogP contribution is 2.25. The molecule has 0 bridgehead atoms. The van der Waals surface area contributed by atoms with Crippen molar-refractivity contribution >= 4 is 23.1 Å². The zero-order chi connectivity index (χ0) is 8.27. The Morgan fingerprint density at radius 3 is 2.82 bits per heavy atom. The Hall–Kier alpha value is -0.130. The lowest BCUT2D eigenvalue weighted by Gasteiger charge is -2.02. The van der Waals surface area contributed by atoms with Crippen LogP contribution in [0, 0.1) is 6.92 Å². The molecule has 0 fully saturated rings. The number of nitrogens with zero attached hydrogens (tertiary/aromatic N) is 2. The average molecular weight is 189 g/mol. The average Bonchev–Trinajstić information content (AvgIpc) is 2.35. The normalized spacial score (nSPS) is 13.4. The Morgan fingerprint density at radius 2 is 2.36 bits per heavy atom. The first kappa shape index (κ1) is 8.96. The van der Waals surface area contributed by atoms with Crippen LogP contribution < -0.4 is 5.73 Å². The lowest BCUT2D eigenvalue weighted by atomic mass is 10.5. The van der Waals surface area contributed by atoms with E-state index < -0.39 is 0 Å². The van der Waals surface area contributed by atoms with E-state index in [0.717, 1.165) is 9.35 Å². The first-order chi connectivity index (χ1) is 5.22. The number of nitrogens with two attached hydrogens (primary N) is 1. The van der Waals surface area contributed by atoms with Gasteiger partial charge in [-0.15, -0.1) is 10.2 Å². The number of hydrogen-bond acceptors (Lipinski definition) is 5. The second kappa shape index (κ2) is 4.04. The third-order valence-corrected chi connectivity index (χ3v) is 3.19. The van der Waals surface area contributed by atoms with Gasteiger partial charge in [-0.05, 0) is 6.92 Å². The van der Waals surface area contributed by atoms with Crippen LogP contribution in [-0.2, 0) is 0 Å². The maximum Gasteiger partial charge on any atom is 0.174 e. The summed E-state index contributed by atoms with van der Waals surface area (Å²) in [7, 11) is 0. The third kappa shape index (κ3) is 2.76. The van der Waals surface area contributed by atoms with Gasteiger partial charge in [0.1, 0.15) is 5.01 Å². The molecule has 1 aromatic heterocycles. The van der Waals surface area contributed by atoms with Crippen LogP contribution >= 0.6 is 23.1 Å². The highest BCUT2D eigenvalue weighted by Gasteiger charge is 2.05.